The number of aliphatic carboxylic acids is 1. The quantitative estimate of drug-likeness (QED) is 0.797. The van der Waals surface area contributed by atoms with Gasteiger partial charge < -0.3 is 19.9 Å². The number of ether oxygens (including phenoxy) is 2. The van der Waals surface area contributed by atoms with E-state index >= 15 is 0 Å². The van der Waals surface area contributed by atoms with Gasteiger partial charge in [0.1, 0.15) is 6.04 Å². The Morgan fingerprint density at radius 2 is 2.00 bits per heavy atom. The van der Waals surface area contributed by atoms with E-state index in [9.17, 15) is 9.90 Å². The first-order valence-electron chi connectivity index (χ1n) is 8.01. The number of carboxylic acids is 1. The summed E-state index contributed by atoms with van der Waals surface area (Å²) in [5.74, 6) is 0.788. The standard InChI is InChI=1S/C17H26N2O4/c1-12(2)11-23-14-5-4-13(10-15(14)22-3)16(17(20)21)19-8-6-18-7-9-19/h4-5,10,12,16,18H,6-9,11H2,1-3H3,(H,20,21). The summed E-state index contributed by atoms with van der Waals surface area (Å²) in [4.78, 5) is 13.7. The van der Waals surface area contributed by atoms with Gasteiger partial charge in [-0.3, -0.25) is 9.69 Å². The van der Waals surface area contributed by atoms with E-state index in [1.165, 1.54) is 0 Å². The first-order valence-corrected chi connectivity index (χ1v) is 8.01. The summed E-state index contributed by atoms with van der Waals surface area (Å²) in [6, 6.07) is 4.73. The molecule has 1 aliphatic heterocycles. The predicted molar refractivity (Wildman–Crippen MR) is 88.1 cm³/mol. The highest BCUT2D eigenvalue weighted by Crippen LogP contribution is 2.32. The van der Waals surface area contributed by atoms with Crippen LogP contribution in [0, 0.1) is 5.92 Å². The topological polar surface area (TPSA) is 71.0 Å². The van der Waals surface area contributed by atoms with E-state index in [1.807, 2.05) is 11.0 Å². The molecule has 1 atom stereocenters. The third kappa shape index (κ3) is 4.59. The Kier molecular flexibility index (Phi) is 6.24. The van der Waals surface area contributed by atoms with Crippen LogP contribution in [0.4, 0.5) is 0 Å². The number of nitrogens with one attached hydrogen (secondary N) is 1. The molecular weight excluding hydrogens is 296 g/mol. The van der Waals surface area contributed by atoms with Gasteiger partial charge >= 0.3 is 5.97 Å². The zero-order valence-electron chi connectivity index (χ0n) is 14.0. The summed E-state index contributed by atoms with van der Waals surface area (Å²) in [5.41, 5.74) is 0.716. The summed E-state index contributed by atoms with van der Waals surface area (Å²) in [5, 5.41) is 12.9. The van der Waals surface area contributed by atoms with Crippen molar-refractivity contribution in [1.29, 1.82) is 0 Å². The second-order valence-corrected chi connectivity index (χ2v) is 6.14. The van der Waals surface area contributed by atoms with E-state index < -0.39 is 12.0 Å². The van der Waals surface area contributed by atoms with Crippen LogP contribution in [0.25, 0.3) is 0 Å². The van der Waals surface area contributed by atoms with Crippen LogP contribution in [0.15, 0.2) is 18.2 Å². The van der Waals surface area contributed by atoms with Gasteiger partial charge in [-0.25, -0.2) is 0 Å². The fraction of sp³-hybridized carbons (Fsp3) is 0.588. The Morgan fingerprint density at radius 3 is 2.57 bits per heavy atom. The Labute approximate surface area is 137 Å². The van der Waals surface area contributed by atoms with E-state index in [0.717, 1.165) is 13.1 Å². The summed E-state index contributed by atoms with van der Waals surface area (Å²) < 4.78 is 11.1. The minimum atomic E-state index is -0.843. The Balaban J connectivity index is 2.23. The summed E-state index contributed by atoms with van der Waals surface area (Å²) >= 11 is 0. The lowest BCUT2D eigenvalue weighted by molar-refractivity contribution is -0.143. The number of rotatable bonds is 7. The van der Waals surface area contributed by atoms with Gasteiger partial charge in [-0.1, -0.05) is 19.9 Å². The van der Waals surface area contributed by atoms with E-state index in [4.69, 9.17) is 9.47 Å². The molecule has 1 heterocycles. The van der Waals surface area contributed by atoms with Crippen LogP contribution >= 0.6 is 0 Å². The third-order valence-corrected chi connectivity index (χ3v) is 3.83. The van der Waals surface area contributed by atoms with Crippen molar-refractivity contribution in [2.45, 2.75) is 19.9 Å². The number of carbonyl (C=O) groups is 1. The van der Waals surface area contributed by atoms with E-state index in [-0.39, 0.29) is 0 Å². The van der Waals surface area contributed by atoms with Crippen LogP contribution in [0.5, 0.6) is 11.5 Å². The van der Waals surface area contributed by atoms with Crippen molar-refractivity contribution in [3.8, 4) is 11.5 Å². The van der Waals surface area contributed by atoms with Crippen LogP contribution < -0.4 is 14.8 Å². The summed E-state index contributed by atoms with van der Waals surface area (Å²) in [6.45, 7) is 7.77. The average Bonchev–Trinajstić information content (AvgIpc) is 2.54. The van der Waals surface area contributed by atoms with Crippen molar-refractivity contribution < 1.29 is 19.4 Å². The summed E-state index contributed by atoms with van der Waals surface area (Å²) in [6.07, 6.45) is 0. The number of hydrogen-bond donors (Lipinski definition) is 2. The molecular formula is C17H26N2O4. The van der Waals surface area contributed by atoms with Crippen LogP contribution in [0.2, 0.25) is 0 Å². The Bertz CT molecular complexity index is 527. The van der Waals surface area contributed by atoms with Gasteiger partial charge in [0.15, 0.2) is 11.5 Å². The number of carboxylic acid groups (broad SMARTS) is 1. The molecule has 1 aromatic rings. The zero-order valence-corrected chi connectivity index (χ0v) is 14.0. The minimum Gasteiger partial charge on any atom is -0.493 e. The van der Waals surface area contributed by atoms with Crippen LogP contribution in [-0.4, -0.2) is 55.9 Å². The van der Waals surface area contributed by atoms with Gasteiger partial charge in [0.05, 0.1) is 13.7 Å². The molecule has 6 heteroatoms. The zero-order chi connectivity index (χ0) is 16.8. The molecule has 0 amide bonds. The largest absolute Gasteiger partial charge is 0.493 e. The molecule has 1 aliphatic rings. The van der Waals surface area contributed by atoms with Crippen molar-refractivity contribution in [3.05, 3.63) is 23.8 Å². The normalized spacial score (nSPS) is 17.0. The molecule has 0 aromatic heterocycles. The molecule has 2 rings (SSSR count). The molecule has 23 heavy (non-hydrogen) atoms. The van der Waals surface area contributed by atoms with Crippen LogP contribution in [-0.2, 0) is 4.79 Å². The molecule has 0 bridgehead atoms. The molecule has 1 aromatic carbocycles. The second kappa shape index (κ2) is 8.17. The molecule has 1 fully saturated rings. The molecule has 0 saturated carbocycles. The number of benzene rings is 1. The van der Waals surface area contributed by atoms with Crippen molar-refractivity contribution in [2.75, 3.05) is 39.9 Å². The Morgan fingerprint density at radius 1 is 1.30 bits per heavy atom. The van der Waals surface area contributed by atoms with Crippen molar-refractivity contribution in [3.63, 3.8) is 0 Å². The van der Waals surface area contributed by atoms with Gasteiger partial charge in [-0.05, 0) is 23.6 Å². The van der Waals surface area contributed by atoms with Gasteiger partial charge in [0.25, 0.3) is 0 Å². The highest BCUT2D eigenvalue weighted by molar-refractivity contribution is 5.76. The fourth-order valence-electron chi connectivity index (χ4n) is 2.68. The Hall–Kier alpha value is -1.79. The van der Waals surface area contributed by atoms with E-state index in [2.05, 4.69) is 19.2 Å². The van der Waals surface area contributed by atoms with Crippen molar-refractivity contribution >= 4 is 5.97 Å². The maximum Gasteiger partial charge on any atom is 0.325 e. The van der Waals surface area contributed by atoms with Crippen molar-refractivity contribution in [2.24, 2.45) is 5.92 Å². The number of piperazine rings is 1. The number of nitrogens with zero attached hydrogens (tertiary/aromatic N) is 1. The number of methoxy groups -OCH3 is 1. The van der Waals surface area contributed by atoms with Crippen LogP contribution in [0.1, 0.15) is 25.5 Å². The lowest BCUT2D eigenvalue weighted by Crippen LogP contribution is -2.47. The molecule has 0 radical (unpaired) electrons. The maximum atomic E-state index is 11.8. The maximum absolute atomic E-state index is 11.8. The molecule has 1 unspecified atom stereocenters. The van der Waals surface area contributed by atoms with Gasteiger partial charge in [-0.2, -0.15) is 0 Å². The molecule has 2 N–H and O–H groups in total. The SMILES string of the molecule is COc1cc(C(C(=O)O)N2CCNCC2)ccc1OCC(C)C. The molecule has 6 nitrogen and oxygen atoms in total. The fourth-order valence-corrected chi connectivity index (χ4v) is 2.68. The molecule has 128 valence electrons. The molecule has 0 spiro atoms. The van der Waals surface area contributed by atoms with Crippen molar-refractivity contribution in [1.82, 2.24) is 10.2 Å². The first-order chi connectivity index (χ1) is 11.0. The smallest absolute Gasteiger partial charge is 0.325 e. The van der Waals surface area contributed by atoms with E-state index in [1.54, 1.807) is 19.2 Å². The minimum absolute atomic E-state index is 0.409. The van der Waals surface area contributed by atoms with Gasteiger partial charge in [0, 0.05) is 26.2 Å². The lowest BCUT2D eigenvalue weighted by atomic mass is 10.0. The third-order valence-electron chi connectivity index (χ3n) is 3.83. The second-order valence-electron chi connectivity index (χ2n) is 6.14. The first kappa shape index (κ1) is 17.6. The van der Waals surface area contributed by atoms with Gasteiger partial charge in [0.2, 0.25) is 0 Å². The lowest BCUT2D eigenvalue weighted by Gasteiger charge is -2.32. The predicted octanol–water partition coefficient (Wildman–Crippen LogP) is 1.76. The van der Waals surface area contributed by atoms with E-state index in [0.29, 0.717) is 42.7 Å². The summed E-state index contributed by atoms with van der Waals surface area (Å²) in [7, 11) is 1.57. The molecule has 1 saturated heterocycles. The monoisotopic (exact) mass is 322 g/mol. The average molecular weight is 322 g/mol. The highest BCUT2D eigenvalue weighted by Gasteiger charge is 2.29. The van der Waals surface area contributed by atoms with Gasteiger partial charge in [-0.15, -0.1) is 0 Å². The molecule has 0 aliphatic carbocycles. The van der Waals surface area contributed by atoms with Crippen LogP contribution in [0.3, 0.4) is 0 Å². The number of hydrogen-bond acceptors (Lipinski definition) is 5. The highest BCUT2D eigenvalue weighted by atomic mass is 16.5.